The molecule has 0 aliphatic carbocycles. The Morgan fingerprint density at radius 3 is 2.44 bits per heavy atom. The average Bonchev–Trinajstić information content (AvgIpc) is 2.74. The van der Waals surface area contributed by atoms with Crippen molar-refractivity contribution in [2.75, 3.05) is 20.1 Å². The predicted molar refractivity (Wildman–Crippen MR) is 120 cm³/mol. The maximum absolute atomic E-state index is 14.0. The molecule has 168 valence electrons. The van der Waals surface area contributed by atoms with E-state index in [2.05, 4.69) is 35.9 Å². The number of halogens is 2. The second-order valence-electron chi connectivity index (χ2n) is 8.88. The van der Waals surface area contributed by atoms with Crippen molar-refractivity contribution in [3.63, 3.8) is 0 Å². The summed E-state index contributed by atoms with van der Waals surface area (Å²) in [5, 5.41) is -0.166. The summed E-state index contributed by atoms with van der Waals surface area (Å²) in [5.74, 6) is -1.79. The van der Waals surface area contributed by atoms with Crippen LogP contribution in [0.1, 0.15) is 29.8 Å². The van der Waals surface area contributed by atoms with Gasteiger partial charge in [-0.25, -0.2) is 8.78 Å². The van der Waals surface area contributed by atoms with Crippen LogP contribution in [0.3, 0.4) is 0 Å². The number of benzene rings is 2. The van der Waals surface area contributed by atoms with Gasteiger partial charge in [-0.2, -0.15) is 0 Å². The average molecular weight is 440 g/mol. The minimum absolute atomic E-state index is 0.0612. The maximum atomic E-state index is 14.0. The number of likely N-dealkylation sites (tertiary alicyclic amines) is 1. The van der Waals surface area contributed by atoms with Crippen LogP contribution in [0.15, 0.2) is 53.5 Å². The predicted octanol–water partition coefficient (Wildman–Crippen LogP) is 4.03. The number of fused-ring (bicyclic) bond motifs is 1. The number of amides is 1. The molecule has 2 atom stereocenters. The Bertz CT molecular complexity index is 1180. The molecule has 1 saturated heterocycles. The Kier molecular flexibility index (Phi) is 6.11. The number of aromatic amines is 1. The standard InChI is InChI=1S/C25H27F2N3O2/c1-15-12-30(14-17-7-5-4-6-8-17)13-16(2)23(15)29(3)25(32)20-11-28-22-19(24(20)31)9-18(26)10-21(22)27/h4-11,15-16,23H,12-14H2,1-3H3,(H,28,31)/t15-,16-/m0/s1. The van der Waals surface area contributed by atoms with E-state index in [1.54, 1.807) is 11.9 Å². The van der Waals surface area contributed by atoms with Crippen molar-refractivity contribution < 1.29 is 13.6 Å². The van der Waals surface area contributed by atoms with Crippen molar-refractivity contribution in [2.45, 2.75) is 26.4 Å². The molecule has 4 rings (SSSR count). The Morgan fingerprint density at radius 1 is 1.12 bits per heavy atom. The van der Waals surface area contributed by atoms with Crippen LogP contribution in [0, 0.1) is 23.5 Å². The number of hydrogen-bond donors (Lipinski definition) is 1. The van der Waals surface area contributed by atoms with Gasteiger partial charge >= 0.3 is 0 Å². The van der Waals surface area contributed by atoms with Crippen LogP contribution < -0.4 is 5.43 Å². The number of nitrogens with zero attached hydrogens (tertiary/aromatic N) is 2. The number of pyridine rings is 1. The van der Waals surface area contributed by atoms with E-state index in [0.29, 0.717) is 6.07 Å². The van der Waals surface area contributed by atoms with Crippen molar-refractivity contribution in [2.24, 2.45) is 11.8 Å². The zero-order chi connectivity index (χ0) is 23.0. The largest absolute Gasteiger partial charge is 0.358 e. The third-order valence-corrected chi connectivity index (χ3v) is 6.41. The van der Waals surface area contributed by atoms with E-state index >= 15 is 0 Å². The van der Waals surface area contributed by atoms with Gasteiger partial charge in [0.05, 0.1) is 10.9 Å². The summed E-state index contributed by atoms with van der Waals surface area (Å²) in [6.07, 6.45) is 1.23. The molecule has 1 aliphatic heterocycles. The van der Waals surface area contributed by atoms with Gasteiger partial charge in [0, 0.05) is 45.0 Å². The number of piperidine rings is 1. The second-order valence-corrected chi connectivity index (χ2v) is 8.88. The highest BCUT2D eigenvalue weighted by Crippen LogP contribution is 2.28. The summed E-state index contributed by atoms with van der Waals surface area (Å²) in [7, 11) is 1.70. The van der Waals surface area contributed by atoms with E-state index in [9.17, 15) is 18.4 Å². The van der Waals surface area contributed by atoms with E-state index in [-0.39, 0.29) is 34.3 Å². The lowest BCUT2D eigenvalue weighted by atomic mass is 9.84. The highest BCUT2D eigenvalue weighted by Gasteiger charge is 2.37. The fraction of sp³-hybridized carbons (Fsp3) is 0.360. The topological polar surface area (TPSA) is 56.4 Å². The third kappa shape index (κ3) is 4.17. The molecular weight excluding hydrogens is 412 g/mol. The third-order valence-electron chi connectivity index (χ3n) is 6.41. The van der Waals surface area contributed by atoms with Crippen molar-refractivity contribution in [1.29, 1.82) is 0 Å². The maximum Gasteiger partial charge on any atom is 0.259 e. The first-order valence-corrected chi connectivity index (χ1v) is 10.8. The van der Waals surface area contributed by atoms with Gasteiger partial charge in [-0.05, 0) is 23.5 Å². The first-order chi connectivity index (χ1) is 15.3. The van der Waals surface area contributed by atoms with Gasteiger partial charge in [-0.3, -0.25) is 14.5 Å². The molecule has 32 heavy (non-hydrogen) atoms. The summed E-state index contributed by atoms with van der Waals surface area (Å²) < 4.78 is 27.7. The smallest absolute Gasteiger partial charge is 0.259 e. The lowest BCUT2D eigenvalue weighted by Gasteiger charge is -2.45. The van der Waals surface area contributed by atoms with Gasteiger partial charge in [0.1, 0.15) is 17.2 Å². The molecule has 1 aromatic heterocycles. The van der Waals surface area contributed by atoms with Crippen LogP contribution in [0.25, 0.3) is 10.9 Å². The van der Waals surface area contributed by atoms with Gasteiger partial charge in [-0.1, -0.05) is 44.2 Å². The number of carbonyl (C=O) groups is 1. The van der Waals surface area contributed by atoms with Gasteiger partial charge in [0.15, 0.2) is 0 Å². The number of nitrogens with one attached hydrogen (secondary N) is 1. The van der Waals surface area contributed by atoms with Crippen LogP contribution >= 0.6 is 0 Å². The molecule has 5 nitrogen and oxygen atoms in total. The highest BCUT2D eigenvalue weighted by molar-refractivity contribution is 5.97. The second kappa shape index (κ2) is 8.82. The van der Waals surface area contributed by atoms with E-state index in [1.807, 2.05) is 18.2 Å². The van der Waals surface area contributed by atoms with Crippen molar-refractivity contribution in [1.82, 2.24) is 14.8 Å². The number of H-pyrrole nitrogens is 1. The first kappa shape index (κ1) is 22.1. The Morgan fingerprint density at radius 2 is 1.78 bits per heavy atom. The minimum Gasteiger partial charge on any atom is -0.358 e. The SMILES string of the molecule is C[C@H]1CN(Cc2ccccc2)C[C@H](C)C1N(C)C(=O)c1c[nH]c2c(F)cc(F)cc2c1=O. The summed E-state index contributed by atoms with van der Waals surface area (Å²) in [5.41, 5.74) is 0.357. The molecule has 2 aromatic carbocycles. The lowest BCUT2D eigenvalue weighted by Crippen LogP contribution is -2.55. The highest BCUT2D eigenvalue weighted by atomic mass is 19.1. The monoisotopic (exact) mass is 439 g/mol. The molecule has 7 heteroatoms. The normalized spacial score (nSPS) is 19.9. The van der Waals surface area contributed by atoms with Gasteiger partial charge in [-0.15, -0.1) is 0 Å². The summed E-state index contributed by atoms with van der Waals surface area (Å²) in [6.45, 7) is 6.72. The van der Waals surface area contributed by atoms with E-state index < -0.39 is 23.0 Å². The molecule has 1 amide bonds. The van der Waals surface area contributed by atoms with Gasteiger partial charge in [0.25, 0.3) is 5.91 Å². The van der Waals surface area contributed by atoms with E-state index in [1.165, 1.54) is 11.8 Å². The molecule has 1 N–H and O–H groups in total. The molecule has 1 fully saturated rings. The molecular formula is C25H27F2N3O2. The fourth-order valence-corrected chi connectivity index (χ4v) is 5.14. The number of aromatic nitrogens is 1. The molecule has 0 spiro atoms. The minimum atomic E-state index is -0.863. The van der Waals surface area contributed by atoms with Crippen LogP contribution in [-0.2, 0) is 6.54 Å². The number of rotatable bonds is 4. The molecule has 3 aromatic rings. The summed E-state index contributed by atoms with van der Waals surface area (Å²) in [4.78, 5) is 32.8. The van der Waals surface area contributed by atoms with Crippen LogP contribution in [0.4, 0.5) is 8.78 Å². The summed E-state index contributed by atoms with van der Waals surface area (Å²) >= 11 is 0. The molecule has 0 radical (unpaired) electrons. The zero-order valence-corrected chi connectivity index (χ0v) is 18.4. The molecule has 2 heterocycles. The molecule has 0 bridgehead atoms. The molecule has 0 unspecified atom stereocenters. The summed E-state index contributed by atoms with van der Waals surface area (Å²) in [6, 6.07) is 11.9. The van der Waals surface area contributed by atoms with Gasteiger partial charge in [0.2, 0.25) is 5.43 Å². The Balaban J connectivity index is 1.55. The van der Waals surface area contributed by atoms with Crippen LogP contribution in [-0.4, -0.2) is 46.9 Å². The van der Waals surface area contributed by atoms with E-state index in [0.717, 1.165) is 25.7 Å². The number of hydrogen-bond acceptors (Lipinski definition) is 3. The van der Waals surface area contributed by atoms with E-state index in [4.69, 9.17) is 0 Å². The van der Waals surface area contributed by atoms with Crippen molar-refractivity contribution in [3.05, 3.63) is 81.6 Å². The van der Waals surface area contributed by atoms with Crippen LogP contribution in [0.5, 0.6) is 0 Å². The Hall–Kier alpha value is -3.06. The van der Waals surface area contributed by atoms with Gasteiger partial charge < -0.3 is 9.88 Å². The quantitative estimate of drug-likeness (QED) is 0.668. The number of carbonyl (C=O) groups excluding carboxylic acids is 1. The van der Waals surface area contributed by atoms with Crippen LogP contribution in [0.2, 0.25) is 0 Å². The molecule has 1 aliphatic rings. The van der Waals surface area contributed by atoms with Crippen molar-refractivity contribution in [3.8, 4) is 0 Å². The first-order valence-electron chi connectivity index (χ1n) is 10.8. The zero-order valence-electron chi connectivity index (χ0n) is 18.4. The lowest BCUT2D eigenvalue weighted by molar-refractivity contribution is 0.0270. The Labute approximate surface area is 185 Å². The fourth-order valence-electron chi connectivity index (χ4n) is 5.14. The molecule has 0 saturated carbocycles. The van der Waals surface area contributed by atoms with Crippen molar-refractivity contribution >= 4 is 16.8 Å².